The molecule has 4 rings (SSSR count). The number of rotatable bonds is 4. The average Bonchev–Trinajstić information content (AvgIpc) is 3.18. The zero-order chi connectivity index (χ0) is 21.3. The average molecular weight is 405 g/mol. The Morgan fingerprint density at radius 1 is 1.17 bits per heavy atom. The minimum Gasteiger partial charge on any atom is -0.334 e. The third-order valence-electron chi connectivity index (χ3n) is 4.72. The van der Waals surface area contributed by atoms with Crippen molar-refractivity contribution in [2.75, 3.05) is 5.32 Å². The van der Waals surface area contributed by atoms with E-state index in [1.807, 2.05) is 31.2 Å². The fraction of sp³-hybridized carbons (Fsp3) is 0.136. The van der Waals surface area contributed by atoms with Gasteiger partial charge in [-0.2, -0.15) is 0 Å². The van der Waals surface area contributed by atoms with Gasteiger partial charge in [0.05, 0.1) is 16.7 Å². The molecule has 30 heavy (non-hydrogen) atoms. The maximum Gasteiger partial charge on any atom is 0.319 e. The van der Waals surface area contributed by atoms with Gasteiger partial charge in [0.2, 0.25) is 0 Å². The van der Waals surface area contributed by atoms with Crippen LogP contribution in [0.1, 0.15) is 16.8 Å². The van der Waals surface area contributed by atoms with E-state index in [1.165, 1.54) is 6.07 Å². The molecule has 0 aliphatic heterocycles. The molecule has 0 aliphatic rings. The van der Waals surface area contributed by atoms with Crippen LogP contribution < -0.4 is 16.2 Å². The molecule has 0 saturated heterocycles. The number of nitrogens with one attached hydrogen (secondary N) is 3. The summed E-state index contributed by atoms with van der Waals surface area (Å²) in [6.45, 7) is 3.86. The highest BCUT2D eigenvalue weighted by Gasteiger charge is 2.11. The van der Waals surface area contributed by atoms with Crippen LogP contribution in [-0.4, -0.2) is 20.6 Å². The fourth-order valence-corrected chi connectivity index (χ4v) is 3.08. The number of H-pyrrole nitrogens is 1. The van der Waals surface area contributed by atoms with E-state index in [4.69, 9.17) is 0 Å². The summed E-state index contributed by atoms with van der Waals surface area (Å²) < 4.78 is 16.2. The van der Waals surface area contributed by atoms with Crippen molar-refractivity contribution in [1.29, 1.82) is 0 Å². The van der Waals surface area contributed by atoms with Crippen LogP contribution in [0.2, 0.25) is 0 Å². The number of aryl methyl sites for hydroxylation is 2. The molecule has 0 unspecified atom stereocenters. The number of anilines is 1. The van der Waals surface area contributed by atoms with Crippen LogP contribution in [0.15, 0.2) is 59.7 Å². The molecule has 7 nitrogen and oxygen atoms in total. The maximum atomic E-state index is 14.6. The number of carbonyl (C=O) groups excluding carboxylic acids is 1. The molecule has 2 heterocycles. The molecule has 0 fully saturated rings. The van der Waals surface area contributed by atoms with Crippen LogP contribution in [0.5, 0.6) is 0 Å². The molecule has 2 aromatic carbocycles. The van der Waals surface area contributed by atoms with Crippen molar-refractivity contribution in [3.05, 3.63) is 87.9 Å². The summed E-state index contributed by atoms with van der Waals surface area (Å²) in [5.74, 6) is -0.490. The molecule has 0 atom stereocenters. The van der Waals surface area contributed by atoms with Gasteiger partial charge in [0.15, 0.2) is 0 Å². The van der Waals surface area contributed by atoms with Gasteiger partial charge >= 0.3 is 6.03 Å². The molecule has 0 radical (unpaired) electrons. The van der Waals surface area contributed by atoms with Crippen LogP contribution in [-0.2, 0) is 6.54 Å². The van der Waals surface area contributed by atoms with E-state index in [-0.39, 0.29) is 18.1 Å². The zero-order valence-electron chi connectivity index (χ0n) is 16.5. The summed E-state index contributed by atoms with van der Waals surface area (Å²) >= 11 is 0. The second-order valence-electron chi connectivity index (χ2n) is 7.07. The molecule has 3 N–H and O–H groups in total. The lowest BCUT2D eigenvalue weighted by molar-refractivity contribution is 0.251. The molecule has 0 bridgehead atoms. The highest BCUT2D eigenvalue weighted by Crippen LogP contribution is 2.20. The van der Waals surface area contributed by atoms with Gasteiger partial charge in [-0.1, -0.05) is 17.7 Å². The first-order valence-electron chi connectivity index (χ1n) is 9.38. The van der Waals surface area contributed by atoms with Crippen molar-refractivity contribution in [2.24, 2.45) is 0 Å². The molecule has 152 valence electrons. The lowest BCUT2D eigenvalue weighted by atomic mass is 10.2. The van der Waals surface area contributed by atoms with Crippen molar-refractivity contribution in [3.63, 3.8) is 0 Å². The minimum absolute atomic E-state index is 0.282. The lowest BCUT2D eigenvalue weighted by Crippen LogP contribution is -2.28. The molecule has 2 amide bonds. The summed E-state index contributed by atoms with van der Waals surface area (Å²) in [5.41, 5.74) is 3.73. The Labute approximate surface area is 171 Å². The normalized spacial score (nSPS) is 10.9. The van der Waals surface area contributed by atoms with E-state index >= 15 is 0 Å². The van der Waals surface area contributed by atoms with Crippen molar-refractivity contribution in [2.45, 2.75) is 20.4 Å². The molecular formula is C22H20FN5O2. The lowest BCUT2D eigenvalue weighted by Gasteiger charge is -2.08. The number of hydrogen-bond acceptors (Lipinski definition) is 3. The predicted octanol–water partition coefficient (Wildman–Crippen LogP) is 3.79. The number of aromatic amines is 1. The number of urea groups is 1. The minimum atomic E-state index is -0.490. The van der Waals surface area contributed by atoms with Crippen molar-refractivity contribution in [1.82, 2.24) is 19.9 Å². The van der Waals surface area contributed by atoms with Crippen LogP contribution >= 0.6 is 0 Å². The Kier molecular flexibility index (Phi) is 5.05. The van der Waals surface area contributed by atoms with Gasteiger partial charge in [0, 0.05) is 30.7 Å². The second kappa shape index (κ2) is 7.82. The van der Waals surface area contributed by atoms with Crippen LogP contribution in [0.3, 0.4) is 0 Å². The van der Waals surface area contributed by atoms with Gasteiger partial charge in [0.1, 0.15) is 11.5 Å². The summed E-state index contributed by atoms with van der Waals surface area (Å²) in [6, 6.07) is 11.8. The van der Waals surface area contributed by atoms with Gasteiger partial charge in [-0.25, -0.2) is 14.2 Å². The van der Waals surface area contributed by atoms with Crippen molar-refractivity contribution < 1.29 is 9.18 Å². The van der Waals surface area contributed by atoms with E-state index in [2.05, 4.69) is 20.6 Å². The van der Waals surface area contributed by atoms with Gasteiger partial charge in [-0.05, 0) is 43.7 Å². The third-order valence-corrected chi connectivity index (χ3v) is 4.72. The van der Waals surface area contributed by atoms with Gasteiger partial charge in [0.25, 0.3) is 5.56 Å². The SMILES string of the molecule is Cc1ccc(NC(=O)NCc2ccn(-c3cc4nc(C)c(=O)[nH]c4cc3F)c2)cc1. The first-order chi connectivity index (χ1) is 14.4. The molecule has 8 heteroatoms. The number of halogens is 1. The van der Waals surface area contributed by atoms with Gasteiger partial charge < -0.3 is 20.2 Å². The molecule has 0 saturated carbocycles. The quantitative estimate of drug-likeness (QED) is 0.482. The Bertz CT molecular complexity index is 1290. The Hall–Kier alpha value is -3.94. The number of carbonyl (C=O) groups is 1. The van der Waals surface area contributed by atoms with E-state index in [0.717, 1.165) is 11.1 Å². The number of hydrogen-bond donors (Lipinski definition) is 3. The predicted molar refractivity (Wildman–Crippen MR) is 113 cm³/mol. The summed E-state index contributed by atoms with van der Waals surface area (Å²) in [4.78, 5) is 30.6. The first kappa shape index (κ1) is 19.4. The van der Waals surface area contributed by atoms with E-state index in [1.54, 1.807) is 36.0 Å². The molecular weight excluding hydrogens is 385 g/mol. The smallest absolute Gasteiger partial charge is 0.319 e. The van der Waals surface area contributed by atoms with Crippen molar-refractivity contribution >= 4 is 22.8 Å². The van der Waals surface area contributed by atoms with Crippen LogP contribution in [0.4, 0.5) is 14.9 Å². The number of amides is 2. The van der Waals surface area contributed by atoms with Crippen molar-refractivity contribution in [3.8, 4) is 5.69 Å². The zero-order valence-corrected chi connectivity index (χ0v) is 16.5. The summed E-state index contributed by atoms with van der Waals surface area (Å²) in [7, 11) is 0. The van der Waals surface area contributed by atoms with E-state index in [0.29, 0.717) is 28.1 Å². The number of benzene rings is 2. The Balaban J connectivity index is 1.48. The topological polar surface area (TPSA) is 91.8 Å². The number of fused-ring (bicyclic) bond motifs is 1. The first-order valence-corrected chi connectivity index (χ1v) is 9.38. The highest BCUT2D eigenvalue weighted by atomic mass is 19.1. The fourth-order valence-electron chi connectivity index (χ4n) is 3.08. The molecule has 0 aliphatic carbocycles. The number of nitrogens with zero attached hydrogens (tertiary/aromatic N) is 2. The van der Waals surface area contributed by atoms with Gasteiger partial charge in [-0.3, -0.25) is 4.79 Å². The second-order valence-corrected chi connectivity index (χ2v) is 7.07. The number of aromatic nitrogens is 3. The van der Waals surface area contributed by atoms with E-state index in [9.17, 15) is 14.0 Å². The Morgan fingerprint density at radius 3 is 2.70 bits per heavy atom. The highest BCUT2D eigenvalue weighted by molar-refractivity contribution is 5.89. The molecule has 4 aromatic rings. The summed E-state index contributed by atoms with van der Waals surface area (Å²) in [6.07, 6.45) is 3.44. The molecule has 2 aromatic heterocycles. The van der Waals surface area contributed by atoms with Crippen LogP contribution in [0.25, 0.3) is 16.7 Å². The van der Waals surface area contributed by atoms with E-state index < -0.39 is 5.82 Å². The Morgan fingerprint density at radius 2 is 1.93 bits per heavy atom. The van der Waals surface area contributed by atoms with Gasteiger partial charge in [-0.15, -0.1) is 0 Å². The monoisotopic (exact) mass is 405 g/mol. The maximum absolute atomic E-state index is 14.6. The standard InChI is InChI=1S/C22H20FN5O2/c1-13-3-5-16(6-4-13)26-22(30)24-11-15-7-8-28(12-15)20-10-19-18(9-17(20)23)27-21(29)14(2)25-19/h3-10,12H,11H2,1-2H3,(H,27,29)(H2,24,26,30). The third kappa shape index (κ3) is 4.07. The van der Waals surface area contributed by atoms with Crippen LogP contribution in [0, 0.1) is 19.7 Å². The summed E-state index contributed by atoms with van der Waals surface area (Å²) in [5, 5.41) is 5.54. The molecule has 0 spiro atoms. The largest absolute Gasteiger partial charge is 0.334 e.